The number of nitrogens with one attached hydrogen (secondary N) is 1. The van der Waals surface area contributed by atoms with Gasteiger partial charge in [0.15, 0.2) is 0 Å². The summed E-state index contributed by atoms with van der Waals surface area (Å²) < 4.78 is 0. The van der Waals surface area contributed by atoms with Gasteiger partial charge in [0.1, 0.15) is 0 Å². The highest BCUT2D eigenvalue weighted by Crippen LogP contribution is 2.15. The maximum absolute atomic E-state index is 11.8. The van der Waals surface area contributed by atoms with Crippen molar-refractivity contribution in [3.63, 3.8) is 0 Å². The van der Waals surface area contributed by atoms with E-state index < -0.39 is 0 Å². The van der Waals surface area contributed by atoms with Crippen LogP contribution in [0.4, 0.5) is 0 Å². The molecule has 4 heteroatoms. The Bertz CT molecular complexity index is 355. The van der Waals surface area contributed by atoms with Crippen molar-refractivity contribution >= 4 is 17.5 Å². The second-order valence-electron chi connectivity index (χ2n) is 3.69. The lowest BCUT2D eigenvalue weighted by atomic mass is 10.1. The van der Waals surface area contributed by atoms with Crippen molar-refractivity contribution in [3.8, 4) is 0 Å². The van der Waals surface area contributed by atoms with E-state index in [4.69, 9.17) is 11.6 Å². The number of hydrogen-bond acceptors (Lipinski definition) is 2. The van der Waals surface area contributed by atoms with E-state index in [0.29, 0.717) is 18.0 Å². The fourth-order valence-electron chi connectivity index (χ4n) is 1.34. The molecule has 1 N–H and O–H groups in total. The first-order valence-corrected chi connectivity index (χ1v) is 5.65. The van der Waals surface area contributed by atoms with Gasteiger partial charge in [-0.15, -0.1) is 0 Å². The second-order valence-corrected chi connectivity index (χ2v) is 4.09. The van der Waals surface area contributed by atoms with Crippen LogP contribution in [0.1, 0.15) is 5.56 Å². The Balaban J connectivity index is 2.54. The van der Waals surface area contributed by atoms with E-state index in [0.717, 1.165) is 12.1 Å². The number of benzene rings is 1. The molecule has 3 nitrogen and oxygen atoms in total. The molecule has 0 unspecified atom stereocenters. The molecule has 1 aromatic carbocycles. The molecule has 0 aliphatic carbocycles. The Morgan fingerprint density at radius 2 is 2.12 bits per heavy atom. The monoisotopic (exact) mass is 240 g/mol. The molecule has 0 aliphatic heterocycles. The number of hydrogen-bond donors (Lipinski definition) is 1. The van der Waals surface area contributed by atoms with Crippen molar-refractivity contribution in [2.45, 2.75) is 6.42 Å². The summed E-state index contributed by atoms with van der Waals surface area (Å²) in [6.45, 7) is 1.50. The smallest absolute Gasteiger partial charge is 0.226 e. The topological polar surface area (TPSA) is 32.3 Å². The van der Waals surface area contributed by atoms with Gasteiger partial charge in [0.25, 0.3) is 0 Å². The third-order valence-electron chi connectivity index (χ3n) is 2.42. The number of carbonyl (C=O) groups is 1. The van der Waals surface area contributed by atoms with Gasteiger partial charge in [0.05, 0.1) is 6.42 Å². The van der Waals surface area contributed by atoms with Crippen molar-refractivity contribution in [1.29, 1.82) is 0 Å². The molecule has 0 spiro atoms. The Hall–Kier alpha value is -1.06. The van der Waals surface area contributed by atoms with Gasteiger partial charge in [-0.1, -0.05) is 29.8 Å². The van der Waals surface area contributed by atoms with Crippen LogP contribution in [0.3, 0.4) is 0 Å². The van der Waals surface area contributed by atoms with Crippen LogP contribution in [0.2, 0.25) is 5.02 Å². The molecule has 0 heterocycles. The molecule has 0 aliphatic rings. The van der Waals surface area contributed by atoms with E-state index in [1.165, 1.54) is 0 Å². The first kappa shape index (κ1) is 13.0. The maximum atomic E-state index is 11.8. The lowest BCUT2D eigenvalue weighted by Crippen LogP contribution is -2.33. The van der Waals surface area contributed by atoms with Gasteiger partial charge in [0.2, 0.25) is 5.91 Å². The molecular weight excluding hydrogens is 224 g/mol. The summed E-state index contributed by atoms with van der Waals surface area (Å²) in [5.74, 6) is 0.0864. The van der Waals surface area contributed by atoms with E-state index in [1.807, 2.05) is 25.2 Å². The first-order valence-electron chi connectivity index (χ1n) is 5.27. The van der Waals surface area contributed by atoms with Gasteiger partial charge in [-0.3, -0.25) is 4.79 Å². The minimum Gasteiger partial charge on any atom is -0.344 e. The highest BCUT2D eigenvalue weighted by molar-refractivity contribution is 6.31. The molecule has 88 valence electrons. The molecule has 0 aromatic heterocycles. The van der Waals surface area contributed by atoms with Crippen LogP contribution in [-0.4, -0.2) is 38.0 Å². The third-order valence-corrected chi connectivity index (χ3v) is 2.79. The summed E-state index contributed by atoms with van der Waals surface area (Å²) in [6, 6.07) is 7.44. The Morgan fingerprint density at radius 3 is 2.75 bits per heavy atom. The van der Waals surface area contributed by atoms with E-state index in [1.54, 1.807) is 18.0 Å². The van der Waals surface area contributed by atoms with Crippen molar-refractivity contribution < 1.29 is 4.79 Å². The fourth-order valence-corrected chi connectivity index (χ4v) is 1.55. The molecule has 0 radical (unpaired) electrons. The van der Waals surface area contributed by atoms with Crippen LogP contribution < -0.4 is 5.32 Å². The molecule has 1 rings (SSSR count). The minimum absolute atomic E-state index is 0.0864. The summed E-state index contributed by atoms with van der Waals surface area (Å²) in [5, 5.41) is 3.66. The molecule has 0 saturated heterocycles. The average molecular weight is 241 g/mol. The van der Waals surface area contributed by atoms with Crippen LogP contribution in [0.5, 0.6) is 0 Å². The van der Waals surface area contributed by atoms with Crippen LogP contribution in [0, 0.1) is 0 Å². The van der Waals surface area contributed by atoms with Gasteiger partial charge >= 0.3 is 0 Å². The fraction of sp³-hybridized carbons (Fsp3) is 0.417. The molecule has 16 heavy (non-hydrogen) atoms. The third kappa shape index (κ3) is 3.83. The SMILES string of the molecule is CNCCN(C)C(=O)Cc1ccccc1Cl. The highest BCUT2D eigenvalue weighted by Gasteiger charge is 2.10. The summed E-state index contributed by atoms with van der Waals surface area (Å²) >= 11 is 5.99. The lowest BCUT2D eigenvalue weighted by molar-refractivity contribution is -0.129. The number of halogens is 1. The van der Waals surface area contributed by atoms with Gasteiger partial charge in [-0.25, -0.2) is 0 Å². The summed E-state index contributed by atoms with van der Waals surface area (Å²) in [6.07, 6.45) is 0.361. The highest BCUT2D eigenvalue weighted by atomic mass is 35.5. The number of carbonyl (C=O) groups excluding carboxylic acids is 1. The number of rotatable bonds is 5. The van der Waals surface area contributed by atoms with Crippen LogP contribution in [0.25, 0.3) is 0 Å². The van der Waals surface area contributed by atoms with Gasteiger partial charge < -0.3 is 10.2 Å². The van der Waals surface area contributed by atoms with Crippen molar-refractivity contribution in [1.82, 2.24) is 10.2 Å². The van der Waals surface area contributed by atoms with E-state index in [9.17, 15) is 4.79 Å². The zero-order valence-electron chi connectivity index (χ0n) is 9.66. The molecular formula is C12H17ClN2O. The van der Waals surface area contributed by atoms with E-state index in [2.05, 4.69) is 5.32 Å². The quantitative estimate of drug-likeness (QED) is 0.847. The summed E-state index contributed by atoms with van der Waals surface area (Å²) in [5.41, 5.74) is 0.880. The van der Waals surface area contributed by atoms with Gasteiger partial charge in [0, 0.05) is 25.2 Å². The van der Waals surface area contributed by atoms with Crippen molar-refractivity contribution in [2.75, 3.05) is 27.2 Å². The average Bonchev–Trinajstić information content (AvgIpc) is 2.28. The molecule has 1 amide bonds. The van der Waals surface area contributed by atoms with E-state index >= 15 is 0 Å². The van der Waals surface area contributed by atoms with Crippen LogP contribution in [-0.2, 0) is 11.2 Å². The largest absolute Gasteiger partial charge is 0.344 e. The molecule has 0 bridgehead atoms. The van der Waals surface area contributed by atoms with E-state index in [-0.39, 0.29) is 5.91 Å². The standard InChI is InChI=1S/C12H17ClN2O/c1-14-7-8-15(2)12(16)9-10-5-3-4-6-11(10)13/h3-6,14H,7-9H2,1-2H3. The number of amides is 1. The zero-order chi connectivity index (χ0) is 12.0. The second kappa shape index (κ2) is 6.51. The Morgan fingerprint density at radius 1 is 1.44 bits per heavy atom. The van der Waals surface area contributed by atoms with Crippen LogP contribution >= 0.6 is 11.6 Å². The number of likely N-dealkylation sites (N-methyl/N-ethyl adjacent to an activating group) is 2. The molecule has 0 atom stereocenters. The summed E-state index contributed by atoms with van der Waals surface area (Å²) in [7, 11) is 3.67. The maximum Gasteiger partial charge on any atom is 0.226 e. The molecule has 0 saturated carbocycles. The normalized spacial score (nSPS) is 10.2. The lowest BCUT2D eigenvalue weighted by Gasteiger charge is -2.17. The number of nitrogens with zero attached hydrogens (tertiary/aromatic N) is 1. The Kier molecular flexibility index (Phi) is 5.29. The van der Waals surface area contributed by atoms with Crippen LogP contribution in [0.15, 0.2) is 24.3 Å². The predicted molar refractivity (Wildman–Crippen MR) is 66.7 cm³/mol. The first-order chi connectivity index (χ1) is 7.65. The zero-order valence-corrected chi connectivity index (χ0v) is 10.4. The molecule has 1 aromatic rings. The van der Waals surface area contributed by atoms with Crippen molar-refractivity contribution in [3.05, 3.63) is 34.9 Å². The minimum atomic E-state index is 0.0864. The van der Waals surface area contributed by atoms with Gasteiger partial charge in [-0.05, 0) is 18.7 Å². The van der Waals surface area contributed by atoms with Crippen molar-refractivity contribution in [2.24, 2.45) is 0 Å². The predicted octanol–water partition coefficient (Wildman–Crippen LogP) is 1.56. The van der Waals surface area contributed by atoms with Gasteiger partial charge in [-0.2, -0.15) is 0 Å². The molecule has 0 fully saturated rings. The summed E-state index contributed by atoms with van der Waals surface area (Å²) in [4.78, 5) is 13.5. The Labute approximate surface area is 101 Å².